The molecule has 0 bridgehead atoms. The van der Waals surface area contributed by atoms with Gasteiger partial charge in [0.1, 0.15) is 12.2 Å². The van der Waals surface area contributed by atoms with E-state index in [0.29, 0.717) is 17.0 Å². The summed E-state index contributed by atoms with van der Waals surface area (Å²) in [5.74, 6) is 0.742. The van der Waals surface area contributed by atoms with Crippen LogP contribution in [0.4, 0.5) is 0 Å². The van der Waals surface area contributed by atoms with Crippen molar-refractivity contribution in [1.29, 1.82) is 0 Å². The molecule has 0 spiro atoms. The molecule has 1 atom stereocenters. The first-order valence-corrected chi connectivity index (χ1v) is 7.15. The van der Waals surface area contributed by atoms with Crippen molar-refractivity contribution in [3.05, 3.63) is 45.4 Å². The number of nitrogens with zero attached hydrogens (tertiary/aromatic N) is 3. The molecule has 0 aliphatic carbocycles. The summed E-state index contributed by atoms with van der Waals surface area (Å²) in [4.78, 5) is 4.18. The molecule has 102 valence electrons. The van der Waals surface area contributed by atoms with Gasteiger partial charge in [-0.25, -0.2) is 4.98 Å². The van der Waals surface area contributed by atoms with E-state index in [9.17, 15) is 5.11 Å². The van der Waals surface area contributed by atoms with Gasteiger partial charge >= 0.3 is 0 Å². The zero-order valence-corrected chi connectivity index (χ0v) is 13.1. The number of halogens is 2. The van der Waals surface area contributed by atoms with Gasteiger partial charge in [0.15, 0.2) is 0 Å². The number of rotatable bonds is 4. The lowest BCUT2D eigenvalue weighted by Gasteiger charge is -2.24. The number of aryl methyl sites for hydroxylation is 1. The second-order valence-corrected chi connectivity index (χ2v) is 5.89. The molecule has 1 N–H and O–H groups in total. The highest BCUT2D eigenvalue weighted by Gasteiger charge is 2.28. The van der Waals surface area contributed by atoms with Crippen molar-refractivity contribution >= 4 is 27.5 Å². The summed E-state index contributed by atoms with van der Waals surface area (Å²) in [6, 6.07) is 5.45. The normalized spacial score (nSPS) is 14.4. The Bertz CT molecular complexity index is 583. The van der Waals surface area contributed by atoms with E-state index < -0.39 is 5.60 Å². The van der Waals surface area contributed by atoms with E-state index in [4.69, 9.17) is 11.6 Å². The molecule has 1 heterocycles. The van der Waals surface area contributed by atoms with Gasteiger partial charge in [-0.2, -0.15) is 5.10 Å². The average Bonchev–Trinajstić information content (AvgIpc) is 2.74. The summed E-state index contributed by atoms with van der Waals surface area (Å²) in [5, 5.41) is 15.3. The first kappa shape index (κ1) is 14.5. The molecule has 0 radical (unpaired) electrons. The van der Waals surface area contributed by atoms with E-state index in [1.165, 1.54) is 6.33 Å². The molecular formula is C13H15BrClN3O. The lowest BCUT2D eigenvalue weighted by molar-refractivity contribution is 0.0544. The quantitative estimate of drug-likeness (QED) is 0.927. The van der Waals surface area contributed by atoms with Gasteiger partial charge in [-0.3, -0.25) is 4.68 Å². The Morgan fingerprint density at radius 3 is 2.84 bits per heavy atom. The third-order valence-electron chi connectivity index (χ3n) is 3.01. The van der Waals surface area contributed by atoms with Gasteiger partial charge in [0.25, 0.3) is 0 Å². The van der Waals surface area contributed by atoms with Crippen LogP contribution in [0, 0.1) is 0 Å². The molecular weight excluding hydrogens is 330 g/mol. The topological polar surface area (TPSA) is 50.9 Å². The Labute approximate surface area is 125 Å². The van der Waals surface area contributed by atoms with E-state index >= 15 is 0 Å². The summed E-state index contributed by atoms with van der Waals surface area (Å²) in [6.45, 7) is 4.44. The zero-order valence-electron chi connectivity index (χ0n) is 10.8. The predicted octanol–water partition coefficient (Wildman–Crippen LogP) is 3.16. The first-order chi connectivity index (χ1) is 8.94. The SMILES string of the molecule is CCn1ncnc1CC(C)(O)c1ccc(Br)cc1Cl. The van der Waals surface area contributed by atoms with E-state index in [2.05, 4.69) is 26.0 Å². The summed E-state index contributed by atoms with van der Waals surface area (Å²) in [5.41, 5.74) is -0.402. The molecule has 2 aromatic rings. The third kappa shape index (κ3) is 3.16. The van der Waals surface area contributed by atoms with Gasteiger partial charge in [-0.1, -0.05) is 33.6 Å². The van der Waals surface area contributed by atoms with Crippen molar-refractivity contribution < 1.29 is 5.11 Å². The Morgan fingerprint density at radius 1 is 1.47 bits per heavy atom. The fraction of sp³-hybridized carbons (Fsp3) is 0.385. The van der Waals surface area contributed by atoms with Crippen LogP contribution in [0.2, 0.25) is 5.02 Å². The van der Waals surface area contributed by atoms with Crippen LogP contribution >= 0.6 is 27.5 Å². The van der Waals surface area contributed by atoms with Crippen LogP contribution < -0.4 is 0 Å². The number of aliphatic hydroxyl groups is 1. The van der Waals surface area contributed by atoms with Crippen molar-refractivity contribution in [1.82, 2.24) is 14.8 Å². The Morgan fingerprint density at radius 2 is 2.21 bits per heavy atom. The predicted molar refractivity (Wildman–Crippen MR) is 78.1 cm³/mol. The lowest BCUT2D eigenvalue weighted by atomic mass is 9.92. The minimum Gasteiger partial charge on any atom is -0.385 e. The van der Waals surface area contributed by atoms with Crippen LogP contribution in [0.3, 0.4) is 0 Å². The number of hydrogen-bond acceptors (Lipinski definition) is 3. The molecule has 6 heteroatoms. The van der Waals surface area contributed by atoms with Gasteiger partial charge < -0.3 is 5.11 Å². The maximum Gasteiger partial charge on any atom is 0.138 e. The minimum atomic E-state index is -1.09. The van der Waals surface area contributed by atoms with Crippen molar-refractivity contribution in [2.24, 2.45) is 0 Å². The van der Waals surface area contributed by atoms with Crippen LogP contribution in [-0.4, -0.2) is 19.9 Å². The molecule has 0 aliphatic heterocycles. The van der Waals surface area contributed by atoms with Crippen LogP contribution in [0.15, 0.2) is 29.0 Å². The van der Waals surface area contributed by atoms with Crippen LogP contribution in [0.1, 0.15) is 25.2 Å². The standard InChI is InChI=1S/C13H15BrClN3O/c1-3-18-12(16-8-17-18)7-13(2,19)10-5-4-9(14)6-11(10)15/h4-6,8,19H,3,7H2,1-2H3. The monoisotopic (exact) mass is 343 g/mol. The molecule has 1 aromatic heterocycles. The Kier molecular flexibility index (Phi) is 4.28. The summed E-state index contributed by atoms with van der Waals surface area (Å²) >= 11 is 9.55. The summed E-state index contributed by atoms with van der Waals surface area (Å²) < 4.78 is 2.65. The van der Waals surface area contributed by atoms with Gasteiger partial charge in [0.2, 0.25) is 0 Å². The molecule has 0 fully saturated rings. The smallest absolute Gasteiger partial charge is 0.138 e. The molecule has 4 nitrogen and oxygen atoms in total. The van der Waals surface area contributed by atoms with Crippen LogP contribution in [0.25, 0.3) is 0 Å². The molecule has 0 saturated carbocycles. The van der Waals surface area contributed by atoms with Crippen molar-refractivity contribution in [3.8, 4) is 0 Å². The lowest BCUT2D eigenvalue weighted by Crippen LogP contribution is -2.26. The average molecular weight is 345 g/mol. The van der Waals surface area contributed by atoms with Gasteiger partial charge in [-0.05, 0) is 26.0 Å². The van der Waals surface area contributed by atoms with Gasteiger partial charge in [-0.15, -0.1) is 0 Å². The van der Waals surface area contributed by atoms with E-state index in [0.717, 1.165) is 16.8 Å². The molecule has 1 aromatic carbocycles. The highest BCUT2D eigenvalue weighted by molar-refractivity contribution is 9.10. The molecule has 0 amide bonds. The molecule has 0 saturated heterocycles. The largest absolute Gasteiger partial charge is 0.385 e. The van der Waals surface area contributed by atoms with Crippen LogP contribution in [0.5, 0.6) is 0 Å². The molecule has 2 rings (SSSR count). The summed E-state index contributed by atoms with van der Waals surface area (Å²) in [6.07, 6.45) is 1.86. The van der Waals surface area contributed by atoms with E-state index in [1.54, 1.807) is 17.7 Å². The minimum absolute atomic E-state index is 0.363. The Balaban J connectivity index is 2.32. The number of benzene rings is 1. The molecule has 0 aliphatic rings. The molecule has 19 heavy (non-hydrogen) atoms. The molecule has 1 unspecified atom stereocenters. The van der Waals surface area contributed by atoms with E-state index in [1.807, 2.05) is 19.1 Å². The first-order valence-electron chi connectivity index (χ1n) is 5.98. The fourth-order valence-electron chi connectivity index (χ4n) is 2.02. The van der Waals surface area contributed by atoms with Crippen LogP contribution in [-0.2, 0) is 18.6 Å². The number of hydrogen-bond donors (Lipinski definition) is 1. The van der Waals surface area contributed by atoms with Crippen molar-refractivity contribution in [3.63, 3.8) is 0 Å². The second kappa shape index (κ2) is 5.61. The highest BCUT2D eigenvalue weighted by Crippen LogP contribution is 2.32. The van der Waals surface area contributed by atoms with Gasteiger partial charge in [0, 0.05) is 28.0 Å². The Hall–Kier alpha value is -0.910. The van der Waals surface area contributed by atoms with Crippen molar-refractivity contribution in [2.45, 2.75) is 32.4 Å². The maximum absolute atomic E-state index is 10.7. The second-order valence-electron chi connectivity index (χ2n) is 4.57. The summed E-state index contributed by atoms with van der Waals surface area (Å²) in [7, 11) is 0. The highest BCUT2D eigenvalue weighted by atomic mass is 79.9. The number of aromatic nitrogens is 3. The zero-order chi connectivity index (χ0) is 14.0. The van der Waals surface area contributed by atoms with E-state index in [-0.39, 0.29) is 0 Å². The van der Waals surface area contributed by atoms with Gasteiger partial charge in [0.05, 0.1) is 5.60 Å². The third-order valence-corrected chi connectivity index (χ3v) is 3.81. The van der Waals surface area contributed by atoms with Crippen molar-refractivity contribution in [2.75, 3.05) is 0 Å². The maximum atomic E-state index is 10.7. The fourth-order valence-corrected chi connectivity index (χ4v) is 2.90.